The molecule has 144 valence electrons. The lowest BCUT2D eigenvalue weighted by molar-refractivity contribution is -0.0382. The minimum absolute atomic E-state index is 0.0182. The summed E-state index contributed by atoms with van der Waals surface area (Å²) in [5, 5.41) is 0. The lowest BCUT2D eigenvalue weighted by Crippen LogP contribution is -2.34. The third-order valence-electron chi connectivity index (χ3n) is 5.13. The number of ether oxygens (including phenoxy) is 2. The highest BCUT2D eigenvalue weighted by Gasteiger charge is 2.25. The predicted molar refractivity (Wildman–Crippen MR) is 103 cm³/mol. The molecule has 0 fully saturated rings. The summed E-state index contributed by atoms with van der Waals surface area (Å²) in [6.07, 6.45) is 5.37. The lowest BCUT2D eigenvalue weighted by atomic mass is 9.94. The van der Waals surface area contributed by atoms with Crippen LogP contribution in [-0.4, -0.2) is 40.5 Å². The van der Waals surface area contributed by atoms with Gasteiger partial charge in [-0.3, -0.25) is 9.59 Å². The SMILES string of the molecule is COC1CC=C(Cn2cc(-c3cc(=O)n(C)c(C)n3)ccc2=O)CC1OC. The van der Waals surface area contributed by atoms with Crippen molar-refractivity contribution in [1.82, 2.24) is 14.1 Å². The summed E-state index contributed by atoms with van der Waals surface area (Å²) >= 11 is 0. The molecule has 1 aliphatic rings. The van der Waals surface area contributed by atoms with Crippen LogP contribution in [0.15, 0.2) is 45.6 Å². The number of nitrogens with zero attached hydrogens (tertiary/aromatic N) is 3. The highest BCUT2D eigenvalue weighted by molar-refractivity contribution is 5.57. The molecule has 27 heavy (non-hydrogen) atoms. The molecule has 2 aromatic rings. The molecule has 2 heterocycles. The van der Waals surface area contributed by atoms with Crippen LogP contribution in [0.3, 0.4) is 0 Å². The maximum atomic E-state index is 12.3. The largest absolute Gasteiger partial charge is 0.378 e. The van der Waals surface area contributed by atoms with Gasteiger partial charge in [0.1, 0.15) is 5.82 Å². The lowest BCUT2D eigenvalue weighted by Gasteiger charge is -2.29. The van der Waals surface area contributed by atoms with Crippen LogP contribution in [0.5, 0.6) is 0 Å². The van der Waals surface area contributed by atoms with Crippen molar-refractivity contribution in [2.75, 3.05) is 14.2 Å². The van der Waals surface area contributed by atoms with Crippen LogP contribution in [0, 0.1) is 6.92 Å². The van der Waals surface area contributed by atoms with Crippen LogP contribution in [0.1, 0.15) is 18.7 Å². The summed E-state index contributed by atoms with van der Waals surface area (Å²) in [4.78, 5) is 28.8. The first kappa shape index (κ1) is 19.3. The standard InChI is InChI=1S/C20H25N3O4/c1-13-21-16(10-20(25)22(13)2)15-6-8-19(24)23(12-15)11-14-5-7-17(26-3)18(9-14)27-4/h5-6,8,10,12,17-18H,7,9,11H2,1-4H3. The molecule has 2 atom stereocenters. The molecule has 2 aromatic heterocycles. The zero-order valence-electron chi connectivity index (χ0n) is 16.1. The fourth-order valence-electron chi connectivity index (χ4n) is 3.35. The fraction of sp³-hybridized carbons (Fsp3) is 0.450. The van der Waals surface area contributed by atoms with E-state index >= 15 is 0 Å². The molecule has 0 spiro atoms. The van der Waals surface area contributed by atoms with Gasteiger partial charge in [-0.25, -0.2) is 4.98 Å². The van der Waals surface area contributed by atoms with E-state index in [2.05, 4.69) is 11.1 Å². The quantitative estimate of drug-likeness (QED) is 0.748. The van der Waals surface area contributed by atoms with Crippen molar-refractivity contribution in [3.05, 3.63) is 62.6 Å². The van der Waals surface area contributed by atoms with Gasteiger partial charge in [0.05, 0.1) is 17.9 Å². The smallest absolute Gasteiger partial charge is 0.253 e. The normalized spacial score (nSPS) is 19.8. The molecule has 7 heteroatoms. The Morgan fingerprint density at radius 3 is 2.56 bits per heavy atom. The van der Waals surface area contributed by atoms with Crippen LogP contribution < -0.4 is 11.1 Å². The van der Waals surface area contributed by atoms with Crippen molar-refractivity contribution in [1.29, 1.82) is 0 Å². The topological polar surface area (TPSA) is 75.4 Å². The van der Waals surface area contributed by atoms with E-state index < -0.39 is 0 Å². The summed E-state index contributed by atoms with van der Waals surface area (Å²) in [5.41, 5.74) is 2.21. The number of hydrogen-bond donors (Lipinski definition) is 0. The first-order valence-corrected chi connectivity index (χ1v) is 8.92. The van der Waals surface area contributed by atoms with E-state index in [1.165, 1.54) is 16.7 Å². The third-order valence-corrected chi connectivity index (χ3v) is 5.13. The van der Waals surface area contributed by atoms with Crippen molar-refractivity contribution in [3.63, 3.8) is 0 Å². The van der Waals surface area contributed by atoms with Crippen molar-refractivity contribution in [2.24, 2.45) is 7.05 Å². The molecule has 0 aromatic carbocycles. The van der Waals surface area contributed by atoms with Crippen LogP contribution >= 0.6 is 0 Å². The Labute approximate surface area is 157 Å². The van der Waals surface area contributed by atoms with Gasteiger partial charge in [-0.2, -0.15) is 0 Å². The Bertz CT molecular complexity index is 974. The van der Waals surface area contributed by atoms with Gasteiger partial charge in [0.15, 0.2) is 0 Å². The monoisotopic (exact) mass is 371 g/mol. The first-order chi connectivity index (χ1) is 12.9. The summed E-state index contributed by atoms with van der Waals surface area (Å²) in [7, 11) is 5.05. The van der Waals surface area contributed by atoms with Crippen molar-refractivity contribution >= 4 is 0 Å². The van der Waals surface area contributed by atoms with E-state index in [0.29, 0.717) is 18.1 Å². The average molecular weight is 371 g/mol. The second-order valence-corrected chi connectivity index (χ2v) is 6.82. The van der Waals surface area contributed by atoms with Crippen molar-refractivity contribution in [2.45, 2.75) is 38.5 Å². The van der Waals surface area contributed by atoms with Gasteiger partial charge in [-0.05, 0) is 25.8 Å². The van der Waals surface area contributed by atoms with Gasteiger partial charge in [0, 0.05) is 51.7 Å². The first-order valence-electron chi connectivity index (χ1n) is 8.92. The van der Waals surface area contributed by atoms with Crippen LogP contribution in [0.2, 0.25) is 0 Å². The minimum Gasteiger partial charge on any atom is -0.378 e. The van der Waals surface area contributed by atoms with E-state index in [4.69, 9.17) is 9.47 Å². The highest BCUT2D eigenvalue weighted by Crippen LogP contribution is 2.24. The number of rotatable bonds is 5. The van der Waals surface area contributed by atoms with Crippen molar-refractivity contribution in [3.8, 4) is 11.3 Å². The Hall–Kier alpha value is -2.51. The van der Waals surface area contributed by atoms with E-state index in [1.54, 1.807) is 45.0 Å². The summed E-state index contributed by atoms with van der Waals surface area (Å²) < 4.78 is 14.1. The van der Waals surface area contributed by atoms with Crippen LogP contribution in [-0.2, 0) is 23.1 Å². The number of aryl methyl sites for hydroxylation is 1. The van der Waals surface area contributed by atoms with Gasteiger partial charge in [0.2, 0.25) is 0 Å². The molecule has 0 saturated heterocycles. The molecule has 0 aliphatic heterocycles. The molecule has 0 bridgehead atoms. The molecule has 0 saturated carbocycles. The van der Waals surface area contributed by atoms with Crippen LogP contribution in [0.25, 0.3) is 11.3 Å². The zero-order valence-corrected chi connectivity index (χ0v) is 16.1. The van der Waals surface area contributed by atoms with Crippen LogP contribution in [0.4, 0.5) is 0 Å². The summed E-state index contributed by atoms with van der Waals surface area (Å²) in [5.74, 6) is 0.624. The molecule has 3 rings (SSSR count). The second kappa shape index (κ2) is 8.02. The Morgan fingerprint density at radius 1 is 1.15 bits per heavy atom. The van der Waals surface area contributed by atoms with Gasteiger partial charge in [-0.15, -0.1) is 0 Å². The fourth-order valence-corrected chi connectivity index (χ4v) is 3.35. The molecular weight excluding hydrogens is 346 g/mol. The third kappa shape index (κ3) is 4.09. The number of pyridine rings is 1. The number of aromatic nitrogens is 3. The summed E-state index contributed by atoms with van der Waals surface area (Å²) in [6.45, 7) is 2.26. The van der Waals surface area contributed by atoms with Gasteiger partial charge >= 0.3 is 0 Å². The van der Waals surface area contributed by atoms with E-state index in [0.717, 1.165) is 24.0 Å². The minimum atomic E-state index is -0.126. The average Bonchev–Trinajstić information content (AvgIpc) is 2.67. The number of methoxy groups -OCH3 is 2. The van der Waals surface area contributed by atoms with E-state index in [-0.39, 0.29) is 23.3 Å². The van der Waals surface area contributed by atoms with E-state index in [1.807, 2.05) is 0 Å². The second-order valence-electron chi connectivity index (χ2n) is 6.82. The molecule has 0 amide bonds. The molecule has 0 N–H and O–H groups in total. The molecule has 0 radical (unpaired) electrons. The number of hydrogen-bond acceptors (Lipinski definition) is 5. The van der Waals surface area contributed by atoms with E-state index in [9.17, 15) is 9.59 Å². The molecular formula is C20H25N3O4. The summed E-state index contributed by atoms with van der Waals surface area (Å²) in [6, 6.07) is 4.70. The molecule has 1 aliphatic carbocycles. The van der Waals surface area contributed by atoms with Gasteiger partial charge in [-0.1, -0.05) is 11.6 Å². The maximum absolute atomic E-state index is 12.3. The van der Waals surface area contributed by atoms with Gasteiger partial charge < -0.3 is 18.6 Å². The Kier molecular flexibility index (Phi) is 5.72. The van der Waals surface area contributed by atoms with Crippen molar-refractivity contribution < 1.29 is 9.47 Å². The Balaban J connectivity index is 1.90. The predicted octanol–water partition coefficient (Wildman–Crippen LogP) is 1.67. The van der Waals surface area contributed by atoms with Gasteiger partial charge in [0.25, 0.3) is 11.1 Å². The maximum Gasteiger partial charge on any atom is 0.253 e. The highest BCUT2D eigenvalue weighted by atomic mass is 16.5. The molecule has 7 nitrogen and oxygen atoms in total. The molecule has 2 unspecified atom stereocenters. The Morgan fingerprint density at radius 2 is 1.89 bits per heavy atom. The zero-order chi connectivity index (χ0) is 19.6.